The van der Waals surface area contributed by atoms with Crippen LogP contribution in [0, 0.1) is 0 Å². The van der Waals surface area contributed by atoms with E-state index in [0.29, 0.717) is 11.0 Å². The Labute approximate surface area is 137 Å². The van der Waals surface area contributed by atoms with Crippen molar-refractivity contribution in [2.24, 2.45) is 0 Å². The predicted molar refractivity (Wildman–Crippen MR) is 87.8 cm³/mol. The summed E-state index contributed by atoms with van der Waals surface area (Å²) in [5.41, 5.74) is 7.31. The number of nitrogens with zero attached hydrogens (tertiary/aromatic N) is 4. The Morgan fingerprint density at radius 3 is 2.61 bits per heavy atom. The van der Waals surface area contributed by atoms with Crippen LogP contribution in [0.2, 0.25) is 5.02 Å². The molecule has 0 bridgehead atoms. The number of piperidine rings is 1. The number of fused-ring (bicyclic) bond motifs is 2. The second-order valence-corrected chi connectivity index (χ2v) is 6.68. The lowest BCUT2D eigenvalue weighted by molar-refractivity contribution is 0.321. The maximum absolute atomic E-state index is 12.1. The number of anilines is 2. The molecule has 0 amide bonds. The lowest BCUT2D eigenvalue weighted by atomic mass is 9.76. The molecule has 3 heterocycles. The molecule has 120 valence electrons. The first kappa shape index (κ1) is 14.4. The number of nitrogens with one attached hydrogen (secondary N) is 1. The molecule has 0 atom stereocenters. The van der Waals surface area contributed by atoms with Gasteiger partial charge in [-0.25, -0.2) is 15.0 Å². The Morgan fingerprint density at radius 1 is 1.22 bits per heavy atom. The van der Waals surface area contributed by atoms with E-state index in [2.05, 4.69) is 24.8 Å². The van der Waals surface area contributed by atoms with Gasteiger partial charge in [0, 0.05) is 24.1 Å². The molecule has 1 aliphatic heterocycles. The van der Waals surface area contributed by atoms with Crippen LogP contribution in [0.15, 0.2) is 17.2 Å². The number of H-pyrrole nitrogens is 1. The molecular formula is C15H17ClN6O. The molecule has 0 aromatic carbocycles. The smallest absolute Gasteiger partial charge is 0.255 e. The molecule has 4 rings (SSSR count). The van der Waals surface area contributed by atoms with Crippen molar-refractivity contribution < 1.29 is 0 Å². The fourth-order valence-corrected chi connectivity index (χ4v) is 3.86. The monoisotopic (exact) mass is 332 g/mol. The van der Waals surface area contributed by atoms with Gasteiger partial charge in [0.05, 0.1) is 23.1 Å². The van der Waals surface area contributed by atoms with Gasteiger partial charge < -0.3 is 10.6 Å². The van der Waals surface area contributed by atoms with E-state index in [9.17, 15) is 4.79 Å². The summed E-state index contributed by atoms with van der Waals surface area (Å²) in [5, 5.41) is 0.533. The molecule has 1 saturated heterocycles. The highest BCUT2D eigenvalue weighted by molar-refractivity contribution is 6.30. The minimum atomic E-state index is -0.0900. The van der Waals surface area contributed by atoms with Crippen LogP contribution in [0.3, 0.4) is 0 Å². The van der Waals surface area contributed by atoms with E-state index < -0.39 is 0 Å². The van der Waals surface area contributed by atoms with Crippen molar-refractivity contribution in [3.63, 3.8) is 0 Å². The van der Waals surface area contributed by atoms with Gasteiger partial charge in [-0.3, -0.25) is 9.78 Å². The molecule has 23 heavy (non-hydrogen) atoms. The highest BCUT2D eigenvalue weighted by atomic mass is 35.5. The van der Waals surface area contributed by atoms with Crippen LogP contribution in [-0.4, -0.2) is 33.0 Å². The van der Waals surface area contributed by atoms with Gasteiger partial charge in [-0.15, -0.1) is 0 Å². The summed E-state index contributed by atoms with van der Waals surface area (Å²) in [7, 11) is 0. The number of aromatic nitrogens is 4. The van der Waals surface area contributed by atoms with Gasteiger partial charge in [0.2, 0.25) is 11.9 Å². The summed E-state index contributed by atoms with van der Waals surface area (Å²) >= 11 is 5.84. The SMILES string of the molecule is Nc1nc2c(c(=O)[nH]1)CCC21CCN(c2ncc(Cl)cn2)CC1. The molecule has 0 saturated carbocycles. The first-order valence-electron chi connectivity index (χ1n) is 7.69. The highest BCUT2D eigenvalue weighted by Gasteiger charge is 2.44. The van der Waals surface area contributed by atoms with Crippen molar-refractivity contribution in [3.05, 3.63) is 39.0 Å². The summed E-state index contributed by atoms with van der Waals surface area (Å²) in [6.45, 7) is 1.66. The first-order chi connectivity index (χ1) is 11.1. The van der Waals surface area contributed by atoms with E-state index in [1.165, 1.54) is 0 Å². The molecule has 8 heteroatoms. The predicted octanol–water partition coefficient (Wildman–Crippen LogP) is 1.28. The number of hydrogen-bond donors (Lipinski definition) is 2. The van der Waals surface area contributed by atoms with E-state index in [1.54, 1.807) is 12.4 Å². The van der Waals surface area contributed by atoms with Gasteiger partial charge >= 0.3 is 0 Å². The number of nitrogens with two attached hydrogens (primary N) is 1. The number of nitrogen functional groups attached to an aromatic ring is 1. The van der Waals surface area contributed by atoms with Crippen LogP contribution >= 0.6 is 11.6 Å². The Morgan fingerprint density at radius 2 is 1.91 bits per heavy atom. The number of rotatable bonds is 1. The quantitative estimate of drug-likeness (QED) is 0.815. The molecule has 1 fully saturated rings. The van der Waals surface area contributed by atoms with Crippen molar-refractivity contribution in [1.29, 1.82) is 0 Å². The molecule has 0 unspecified atom stereocenters. The maximum Gasteiger partial charge on any atom is 0.255 e. The van der Waals surface area contributed by atoms with Crippen molar-refractivity contribution in [2.75, 3.05) is 23.7 Å². The Bertz CT molecular complexity index is 795. The number of hydrogen-bond acceptors (Lipinski definition) is 6. The third kappa shape index (κ3) is 2.35. The zero-order chi connectivity index (χ0) is 16.0. The molecule has 2 aromatic rings. The number of aromatic amines is 1. The zero-order valence-electron chi connectivity index (χ0n) is 12.5. The van der Waals surface area contributed by atoms with Gasteiger partial charge in [-0.1, -0.05) is 11.6 Å². The second kappa shape index (κ2) is 5.19. The van der Waals surface area contributed by atoms with Gasteiger partial charge in [-0.05, 0) is 25.7 Å². The maximum atomic E-state index is 12.1. The van der Waals surface area contributed by atoms with Gasteiger partial charge in [-0.2, -0.15) is 0 Å². The van der Waals surface area contributed by atoms with E-state index in [-0.39, 0.29) is 16.9 Å². The van der Waals surface area contributed by atoms with Crippen LogP contribution in [0.25, 0.3) is 0 Å². The summed E-state index contributed by atoms with van der Waals surface area (Å²) in [6.07, 6.45) is 6.79. The normalized spacial score (nSPS) is 19.1. The van der Waals surface area contributed by atoms with Crippen molar-refractivity contribution in [2.45, 2.75) is 31.1 Å². The second-order valence-electron chi connectivity index (χ2n) is 6.25. The Kier molecular flexibility index (Phi) is 3.26. The fourth-order valence-electron chi connectivity index (χ4n) is 3.76. The van der Waals surface area contributed by atoms with Crippen molar-refractivity contribution >= 4 is 23.5 Å². The van der Waals surface area contributed by atoms with Crippen LogP contribution in [0.1, 0.15) is 30.5 Å². The highest BCUT2D eigenvalue weighted by Crippen LogP contribution is 2.44. The van der Waals surface area contributed by atoms with Gasteiger partial charge in [0.25, 0.3) is 5.56 Å². The lowest BCUT2D eigenvalue weighted by Crippen LogP contribution is -2.43. The van der Waals surface area contributed by atoms with Gasteiger partial charge in [0.15, 0.2) is 0 Å². The fraction of sp³-hybridized carbons (Fsp3) is 0.467. The van der Waals surface area contributed by atoms with Crippen LogP contribution in [0.4, 0.5) is 11.9 Å². The third-order valence-corrected chi connectivity index (χ3v) is 5.19. The van der Waals surface area contributed by atoms with Crippen LogP contribution in [0.5, 0.6) is 0 Å². The first-order valence-corrected chi connectivity index (χ1v) is 8.07. The minimum Gasteiger partial charge on any atom is -0.369 e. The summed E-state index contributed by atoms with van der Waals surface area (Å²) in [4.78, 5) is 29.8. The van der Waals surface area contributed by atoms with E-state index in [4.69, 9.17) is 17.3 Å². The molecule has 2 aliphatic rings. The third-order valence-electron chi connectivity index (χ3n) is 5.00. The van der Waals surface area contributed by atoms with E-state index in [0.717, 1.165) is 50.0 Å². The average molecular weight is 333 g/mol. The van der Waals surface area contributed by atoms with E-state index in [1.807, 2.05) is 0 Å². The Hall–Kier alpha value is -2.15. The standard InChI is InChI=1S/C15H17ClN6O/c16-9-7-18-14(19-8-9)22-5-3-15(4-6-22)2-1-10-11(15)20-13(17)21-12(10)23/h7-8H,1-6H2,(H3,17,20,21,23). The molecule has 2 aromatic heterocycles. The average Bonchev–Trinajstić information content (AvgIpc) is 2.88. The summed E-state index contributed by atoms with van der Waals surface area (Å²) < 4.78 is 0. The molecule has 3 N–H and O–H groups in total. The minimum absolute atomic E-state index is 0.0410. The molecule has 1 aliphatic carbocycles. The molecule has 1 spiro atoms. The molecule has 7 nitrogen and oxygen atoms in total. The lowest BCUT2D eigenvalue weighted by Gasteiger charge is -2.39. The number of halogens is 1. The summed E-state index contributed by atoms with van der Waals surface area (Å²) in [5.74, 6) is 0.902. The summed E-state index contributed by atoms with van der Waals surface area (Å²) in [6, 6.07) is 0. The Balaban J connectivity index is 1.59. The van der Waals surface area contributed by atoms with Crippen molar-refractivity contribution in [3.8, 4) is 0 Å². The van der Waals surface area contributed by atoms with E-state index >= 15 is 0 Å². The van der Waals surface area contributed by atoms with Crippen molar-refractivity contribution in [1.82, 2.24) is 19.9 Å². The molecular weight excluding hydrogens is 316 g/mol. The van der Waals surface area contributed by atoms with Crippen LogP contribution in [-0.2, 0) is 11.8 Å². The van der Waals surface area contributed by atoms with Crippen LogP contribution < -0.4 is 16.2 Å². The van der Waals surface area contributed by atoms with Gasteiger partial charge in [0.1, 0.15) is 0 Å². The zero-order valence-corrected chi connectivity index (χ0v) is 13.3. The topological polar surface area (TPSA) is 101 Å². The largest absolute Gasteiger partial charge is 0.369 e. The molecule has 0 radical (unpaired) electrons.